The van der Waals surface area contributed by atoms with Crippen LogP contribution in [0.25, 0.3) is 0 Å². The van der Waals surface area contributed by atoms with Crippen molar-refractivity contribution in [3.63, 3.8) is 0 Å². The summed E-state index contributed by atoms with van der Waals surface area (Å²) in [7, 11) is 0. The number of esters is 1. The molecule has 1 N–H and O–H groups in total. The molecule has 1 unspecified atom stereocenters. The lowest BCUT2D eigenvalue weighted by molar-refractivity contribution is -0.154. The van der Waals surface area contributed by atoms with Crippen molar-refractivity contribution >= 4 is 5.97 Å². The highest BCUT2D eigenvalue weighted by molar-refractivity contribution is 5.69. The molecule has 1 atom stereocenters. The van der Waals surface area contributed by atoms with E-state index in [1.807, 2.05) is 0 Å². The SMILES string of the molecule is CC/C=C\C/C=C\C/C=C\CCCCCC(=O)OC(CO)COCCCCCCCC/C=C\CCCCCCCCC. The first-order chi connectivity index (χ1) is 20.7. The van der Waals surface area contributed by atoms with E-state index in [-0.39, 0.29) is 19.2 Å². The van der Waals surface area contributed by atoms with E-state index in [1.165, 1.54) is 89.9 Å². The maximum atomic E-state index is 12.1. The van der Waals surface area contributed by atoms with Crippen LogP contribution in [0.3, 0.4) is 0 Å². The summed E-state index contributed by atoms with van der Waals surface area (Å²) in [6.07, 6.45) is 44.4. The molecule has 0 radical (unpaired) electrons. The summed E-state index contributed by atoms with van der Waals surface area (Å²) in [4.78, 5) is 12.1. The van der Waals surface area contributed by atoms with Crippen LogP contribution < -0.4 is 0 Å². The molecule has 0 aromatic carbocycles. The summed E-state index contributed by atoms with van der Waals surface area (Å²) in [6.45, 7) is 5.18. The molecule has 0 heterocycles. The van der Waals surface area contributed by atoms with Crippen LogP contribution in [-0.4, -0.2) is 37.0 Å². The average Bonchev–Trinajstić information content (AvgIpc) is 3.00. The van der Waals surface area contributed by atoms with Crippen molar-refractivity contribution in [1.82, 2.24) is 0 Å². The number of carbonyl (C=O) groups excluding carboxylic acids is 1. The van der Waals surface area contributed by atoms with E-state index < -0.39 is 6.10 Å². The molecule has 4 heteroatoms. The van der Waals surface area contributed by atoms with E-state index in [1.54, 1.807) is 0 Å². The van der Waals surface area contributed by atoms with Crippen molar-refractivity contribution in [3.8, 4) is 0 Å². The number of unbranched alkanes of at least 4 members (excludes halogenated alkanes) is 16. The van der Waals surface area contributed by atoms with Crippen molar-refractivity contribution < 1.29 is 19.4 Å². The molecule has 4 nitrogen and oxygen atoms in total. The van der Waals surface area contributed by atoms with Gasteiger partial charge in [-0.15, -0.1) is 0 Å². The van der Waals surface area contributed by atoms with Crippen LogP contribution in [0.5, 0.6) is 0 Å². The van der Waals surface area contributed by atoms with Gasteiger partial charge < -0.3 is 14.6 Å². The van der Waals surface area contributed by atoms with Gasteiger partial charge in [0, 0.05) is 13.0 Å². The maximum Gasteiger partial charge on any atom is 0.306 e. The van der Waals surface area contributed by atoms with Crippen LogP contribution in [0.4, 0.5) is 0 Å². The minimum Gasteiger partial charge on any atom is -0.457 e. The van der Waals surface area contributed by atoms with E-state index in [2.05, 4.69) is 62.5 Å². The van der Waals surface area contributed by atoms with E-state index in [0.29, 0.717) is 13.0 Å². The van der Waals surface area contributed by atoms with Crippen LogP contribution in [0.1, 0.15) is 162 Å². The van der Waals surface area contributed by atoms with Crippen LogP contribution in [-0.2, 0) is 14.3 Å². The number of rotatable bonds is 32. The lowest BCUT2D eigenvalue weighted by atomic mass is 10.1. The summed E-state index contributed by atoms with van der Waals surface area (Å²) in [6, 6.07) is 0. The number of allylic oxidation sites excluding steroid dienone is 8. The first-order valence-electron chi connectivity index (χ1n) is 17.7. The predicted octanol–water partition coefficient (Wildman–Crippen LogP) is 11.1. The van der Waals surface area contributed by atoms with Crippen LogP contribution in [0.2, 0.25) is 0 Å². The normalized spacial score (nSPS) is 12.9. The summed E-state index contributed by atoms with van der Waals surface area (Å²) in [5.74, 6) is -0.233. The molecule has 244 valence electrons. The summed E-state index contributed by atoms with van der Waals surface area (Å²) < 4.78 is 11.1. The van der Waals surface area contributed by atoms with Crippen LogP contribution in [0, 0.1) is 0 Å². The number of carbonyl (C=O) groups is 1. The Bertz CT molecular complexity index is 664. The summed E-state index contributed by atoms with van der Waals surface area (Å²) in [5.41, 5.74) is 0. The van der Waals surface area contributed by atoms with Gasteiger partial charge in [0.1, 0.15) is 6.10 Å². The Labute approximate surface area is 261 Å². The van der Waals surface area contributed by atoms with Crippen molar-refractivity contribution in [2.24, 2.45) is 0 Å². The predicted molar refractivity (Wildman–Crippen MR) is 182 cm³/mol. The van der Waals surface area contributed by atoms with Crippen molar-refractivity contribution in [2.75, 3.05) is 19.8 Å². The monoisotopic (exact) mass is 589 g/mol. The van der Waals surface area contributed by atoms with Gasteiger partial charge in [0.25, 0.3) is 0 Å². The summed E-state index contributed by atoms with van der Waals surface area (Å²) in [5, 5.41) is 9.53. The molecule has 0 aromatic heterocycles. The molecule has 0 aromatic rings. The van der Waals surface area contributed by atoms with Crippen LogP contribution >= 0.6 is 0 Å². The highest BCUT2D eigenvalue weighted by Gasteiger charge is 2.13. The third kappa shape index (κ3) is 32.9. The zero-order chi connectivity index (χ0) is 30.6. The quantitative estimate of drug-likeness (QED) is 0.0482. The first kappa shape index (κ1) is 40.4. The third-order valence-corrected chi connectivity index (χ3v) is 7.39. The zero-order valence-corrected chi connectivity index (χ0v) is 27.8. The smallest absolute Gasteiger partial charge is 0.306 e. The minimum atomic E-state index is -0.551. The second-order valence-electron chi connectivity index (χ2n) is 11.6. The van der Waals surface area contributed by atoms with Gasteiger partial charge in [-0.05, 0) is 70.6 Å². The van der Waals surface area contributed by atoms with E-state index >= 15 is 0 Å². The molecule has 0 aliphatic rings. The van der Waals surface area contributed by atoms with Gasteiger partial charge in [0.15, 0.2) is 0 Å². The Morgan fingerprint density at radius 2 is 1.07 bits per heavy atom. The van der Waals surface area contributed by atoms with Gasteiger partial charge in [0.05, 0.1) is 13.2 Å². The highest BCUT2D eigenvalue weighted by Crippen LogP contribution is 2.11. The molecule has 0 saturated carbocycles. The van der Waals surface area contributed by atoms with E-state index in [4.69, 9.17) is 9.47 Å². The fraction of sp³-hybridized carbons (Fsp3) is 0.763. The van der Waals surface area contributed by atoms with Gasteiger partial charge in [-0.1, -0.05) is 133 Å². The Kier molecular flexibility index (Phi) is 34.1. The number of aliphatic hydroxyl groups excluding tert-OH is 1. The number of hydrogen-bond acceptors (Lipinski definition) is 4. The van der Waals surface area contributed by atoms with E-state index in [9.17, 15) is 9.90 Å². The van der Waals surface area contributed by atoms with Crippen molar-refractivity contribution in [3.05, 3.63) is 48.6 Å². The lowest BCUT2D eigenvalue weighted by Gasteiger charge is -2.15. The molecule has 0 spiro atoms. The van der Waals surface area contributed by atoms with Gasteiger partial charge in [0.2, 0.25) is 0 Å². The Morgan fingerprint density at radius 1 is 0.595 bits per heavy atom. The Hall–Kier alpha value is -1.65. The van der Waals surface area contributed by atoms with Gasteiger partial charge in [-0.3, -0.25) is 4.79 Å². The third-order valence-electron chi connectivity index (χ3n) is 7.39. The standard InChI is InChI=1S/C38H68O4/c1-3-5-7-9-11-13-15-17-18-19-20-22-24-26-28-30-32-34-41-36-37(35-39)42-38(40)33-31-29-27-25-23-21-16-14-12-10-8-6-4-2/h6,8,12,14,18-19,21,23,37,39H,3-5,7,9-11,13,15-17,20,22,24-36H2,1-2H3/b8-6-,14-12-,19-18-,23-21-. The Morgan fingerprint density at radius 3 is 1.64 bits per heavy atom. The van der Waals surface area contributed by atoms with Gasteiger partial charge >= 0.3 is 5.97 Å². The molecule has 0 saturated heterocycles. The fourth-order valence-corrected chi connectivity index (χ4v) is 4.75. The zero-order valence-electron chi connectivity index (χ0n) is 27.8. The molecular formula is C38H68O4. The van der Waals surface area contributed by atoms with Crippen LogP contribution in [0.15, 0.2) is 48.6 Å². The first-order valence-corrected chi connectivity index (χ1v) is 17.7. The second kappa shape index (κ2) is 35.5. The van der Waals surface area contributed by atoms with Gasteiger partial charge in [-0.2, -0.15) is 0 Å². The second-order valence-corrected chi connectivity index (χ2v) is 11.6. The maximum absolute atomic E-state index is 12.1. The molecule has 0 aliphatic heterocycles. The molecule has 0 aliphatic carbocycles. The Balaban J connectivity index is 3.50. The molecule has 0 amide bonds. The topological polar surface area (TPSA) is 55.8 Å². The molecule has 42 heavy (non-hydrogen) atoms. The molecular weight excluding hydrogens is 520 g/mol. The highest BCUT2D eigenvalue weighted by atomic mass is 16.6. The van der Waals surface area contributed by atoms with Gasteiger partial charge in [-0.25, -0.2) is 0 Å². The van der Waals surface area contributed by atoms with Crippen molar-refractivity contribution in [2.45, 2.75) is 168 Å². The number of hydrogen-bond donors (Lipinski definition) is 1. The fourth-order valence-electron chi connectivity index (χ4n) is 4.75. The number of ether oxygens (including phenoxy) is 2. The van der Waals surface area contributed by atoms with Crippen molar-refractivity contribution in [1.29, 1.82) is 0 Å². The average molecular weight is 589 g/mol. The lowest BCUT2D eigenvalue weighted by Crippen LogP contribution is -2.27. The molecule has 0 rings (SSSR count). The molecule has 0 fully saturated rings. The number of aliphatic hydroxyl groups is 1. The minimum absolute atomic E-state index is 0.187. The van der Waals surface area contributed by atoms with E-state index in [0.717, 1.165) is 51.4 Å². The summed E-state index contributed by atoms with van der Waals surface area (Å²) >= 11 is 0. The molecule has 0 bridgehead atoms. The largest absolute Gasteiger partial charge is 0.457 e.